The van der Waals surface area contributed by atoms with Crippen molar-refractivity contribution in [3.8, 4) is 11.5 Å². The molecule has 1 aromatic heterocycles. The van der Waals surface area contributed by atoms with Crippen molar-refractivity contribution in [2.75, 3.05) is 7.11 Å². The van der Waals surface area contributed by atoms with Crippen LogP contribution in [0.15, 0.2) is 42.6 Å². The van der Waals surface area contributed by atoms with Crippen LogP contribution in [0.25, 0.3) is 10.9 Å². The van der Waals surface area contributed by atoms with E-state index in [0.29, 0.717) is 23.8 Å². The second kappa shape index (κ2) is 7.07. The average Bonchev–Trinajstić information content (AvgIpc) is 2.93. The predicted molar refractivity (Wildman–Crippen MR) is 96.3 cm³/mol. The topological polar surface area (TPSA) is 60.7 Å². The number of methoxy groups -OCH3 is 1. The van der Waals surface area contributed by atoms with Crippen LogP contribution in [0, 0.1) is 0 Å². The highest BCUT2D eigenvalue weighted by Gasteiger charge is 2.16. The Morgan fingerprint density at radius 1 is 1.28 bits per heavy atom. The maximum atomic E-state index is 10.7. The van der Waals surface area contributed by atoms with E-state index in [1.54, 1.807) is 26.2 Å². The molecule has 0 amide bonds. The summed E-state index contributed by atoms with van der Waals surface area (Å²) in [6.45, 7) is 2.81. The van der Waals surface area contributed by atoms with Crippen LogP contribution in [0.1, 0.15) is 24.2 Å². The van der Waals surface area contributed by atoms with Gasteiger partial charge in [-0.15, -0.1) is 0 Å². The number of carbonyl (C=O) groups excluding carboxylic acids is 1. The van der Waals surface area contributed by atoms with Crippen LogP contribution in [-0.4, -0.2) is 23.3 Å². The number of phenols is 1. The van der Waals surface area contributed by atoms with Gasteiger partial charge >= 0.3 is 0 Å². The molecule has 0 fully saturated rings. The van der Waals surface area contributed by atoms with Crippen LogP contribution in [-0.2, 0) is 16.1 Å². The zero-order valence-corrected chi connectivity index (χ0v) is 14.7. The van der Waals surface area contributed by atoms with E-state index in [0.717, 1.165) is 22.0 Å². The third-order valence-corrected chi connectivity index (χ3v) is 4.46. The van der Waals surface area contributed by atoms with Gasteiger partial charge in [0.1, 0.15) is 17.6 Å². The summed E-state index contributed by atoms with van der Waals surface area (Å²) in [5, 5.41) is 11.2. The van der Waals surface area contributed by atoms with E-state index in [2.05, 4.69) is 0 Å². The summed E-state index contributed by atoms with van der Waals surface area (Å²) < 4.78 is 12.3. The fourth-order valence-corrected chi connectivity index (χ4v) is 3.21. The minimum absolute atomic E-state index is 0.164. The summed E-state index contributed by atoms with van der Waals surface area (Å²) in [4.78, 5) is 10.7. The Morgan fingerprint density at radius 3 is 2.76 bits per heavy atom. The van der Waals surface area contributed by atoms with Gasteiger partial charge in [0, 0.05) is 29.2 Å². The zero-order chi connectivity index (χ0) is 18.0. The Hall–Kier alpha value is -2.66. The van der Waals surface area contributed by atoms with Crippen LogP contribution in [0.4, 0.5) is 0 Å². The maximum absolute atomic E-state index is 10.7. The van der Waals surface area contributed by atoms with Crippen molar-refractivity contribution in [2.24, 2.45) is 0 Å². The third-order valence-electron chi connectivity index (χ3n) is 4.16. The second-order valence-electron chi connectivity index (χ2n) is 5.76. The molecule has 3 rings (SSSR count). The van der Waals surface area contributed by atoms with Gasteiger partial charge in [-0.05, 0) is 42.8 Å². The lowest BCUT2D eigenvalue weighted by Crippen LogP contribution is -1.99. The lowest BCUT2D eigenvalue weighted by atomic mass is 10.1. The first-order chi connectivity index (χ1) is 12.0. The molecular formula is C19H18ClNO4. The number of nitrogens with zero attached hydrogens (tertiary/aromatic N) is 1. The SMILES string of the molecule is COc1ccc(Cn2cc(C(C)OC=O)c3cc(O)ccc32)cc1Cl. The van der Waals surface area contributed by atoms with Gasteiger partial charge in [0.25, 0.3) is 6.47 Å². The second-order valence-corrected chi connectivity index (χ2v) is 6.16. The molecule has 6 heteroatoms. The van der Waals surface area contributed by atoms with E-state index >= 15 is 0 Å². The summed E-state index contributed by atoms with van der Waals surface area (Å²) in [6, 6.07) is 10.8. The summed E-state index contributed by atoms with van der Waals surface area (Å²) in [6.07, 6.45) is 1.51. The van der Waals surface area contributed by atoms with Crippen LogP contribution >= 0.6 is 11.6 Å². The molecule has 0 spiro atoms. The van der Waals surface area contributed by atoms with Crippen molar-refractivity contribution in [3.63, 3.8) is 0 Å². The Morgan fingerprint density at radius 2 is 2.08 bits per heavy atom. The first-order valence-corrected chi connectivity index (χ1v) is 8.14. The standard InChI is InChI=1S/C19H18ClNO4/c1-12(25-11-22)16-10-21(18-5-4-14(23)8-15(16)18)9-13-3-6-19(24-2)17(20)7-13/h3-8,10-12,23H,9H2,1-2H3. The van der Waals surface area contributed by atoms with Crippen LogP contribution in [0.3, 0.4) is 0 Å². The lowest BCUT2D eigenvalue weighted by Gasteiger charge is -2.09. The largest absolute Gasteiger partial charge is 0.508 e. The molecular weight excluding hydrogens is 342 g/mol. The Labute approximate surface area is 150 Å². The molecule has 1 atom stereocenters. The number of benzene rings is 2. The molecule has 1 unspecified atom stereocenters. The smallest absolute Gasteiger partial charge is 0.293 e. The fourth-order valence-electron chi connectivity index (χ4n) is 2.93. The molecule has 1 heterocycles. The van der Waals surface area contributed by atoms with Gasteiger partial charge in [-0.3, -0.25) is 4.79 Å². The van der Waals surface area contributed by atoms with Crippen molar-refractivity contribution < 1.29 is 19.4 Å². The molecule has 0 saturated carbocycles. The molecule has 0 radical (unpaired) electrons. The molecule has 0 aliphatic carbocycles. The van der Waals surface area contributed by atoms with Gasteiger partial charge < -0.3 is 19.1 Å². The molecule has 1 N–H and O–H groups in total. The van der Waals surface area contributed by atoms with Crippen LogP contribution in [0.2, 0.25) is 5.02 Å². The predicted octanol–water partition coefficient (Wildman–Crippen LogP) is 4.29. The van der Waals surface area contributed by atoms with Gasteiger partial charge in [-0.25, -0.2) is 0 Å². The van der Waals surface area contributed by atoms with E-state index < -0.39 is 6.10 Å². The van der Waals surface area contributed by atoms with E-state index in [1.165, 1.54) is 0 Å². The van der Waals surface area contributed by atoms with Crippen molar-refractivity contribution in [1.82, 2.24) is 4.57 Å². The highest BCUT2D eigenvalue weighted by molar-refractivity contribution is 6.32. The number of hydrogen-bond donors (Lipinski definition) is 1. The Balaban J connectivity index is 2.04. The van der Waals surface area contributed by atoms with E-state index in [9.17, 15) is 9.90 Å². The quantitative estimate of drug-likeness (QED) is 0.667. The first kappa shape index (κ1) is 17.2. The normalized spacial score (nSPS) is 12.1. The summed E-state index contributed by atoms with van der Waals surface area (Å²) in [5.41, 5.74) is 2.77. The summed E-state index contributed by atoms with van der Waals surface area (Å²) in [5.74, 6) is 0.790. The minimum Gasteiger partial charge on any atom is -0.508 e. The van der Waals surface area contributed by atoms with Crippen LogP contribution < -0.4 is 4.74 Å². The monoisotopic (exact) mass is 359 g/mol. The Bertz CT molecular complexity index is 919. The number of aromatic nitrogens is 1. The number of phenolic OH excluding ortho intramolecular Hbond substituents is 1. The Kier molecular flexibility index (Phi) is 4.86. The van der Waals surface area contributed by atoms with Crippen molar-refractivity contribution in [2.45, 2.75) is 19.6 Å². The number of fused-ring (bicyclic) bond motifs is 1. The number of aromatic hydroxyl groups is 1. The maximum Gasteiger partial charge on any atom is 0.293 e. The molecule has 0 aliphatic rings. The van der Waals surface area contributed by atoms with Gasteiger partial charge in [-0.1, -0.05) is 17.7 Å². The average molecular weight is 360 g/mol. The van der Waals surface area contributed by atoms with E-state index in [1.807, 2.05) is 35.0 Å². The molecule has 0 saturated heterocycles. The van der Waals surface area contributed by atoms with Crippen molar-refractivity contribution in [1.29, 1.82) is 0 Å². The molecule has 0 aliphatic heterocycles. The molecule has 2 aromatic carbocycles. The van der Waals surface area contributed by atoms with E-state index in [-0.39, 0.29) is 5.75 Å². The van der Waals surface area contributed by atoms with Gasteiger partial charge in [-0.2, -0.15) is 0 Å². The summed E-state index contributed by atoms with van der Waals surface area (Å²) in [7, 11) is 1.58. The van der Waals surface area contributed by atoms with Crippen LogP contribution in [0.5, 0.6) is 11.5 Å². The number of halogens is 1. The lowest BCUT2D eigenvalue weighted by molar-refractivity contribution is -0.133. The molecule has 5 nitrogen and oxygen atoms in total. The van der Waals surface area contributed by atoms with Gasteiger partial charge in [0.2, 0.25) is 0 Å². The molecule has 0 bridgehead atoms. The highest BCUT2D eigenvalue weighted by atomic mass is 35.5. The van der Waals surface area contributed by atoms with E-state index in [4.69, 9.17) is 21.1 Å². The highest BCUT2D eigenvalue weighted by Crippen LogP contribution is 2.32. The first-order valence-electron chi connectivity index (χ1n) is 7.76. The minimum atomic E-state index is -0.414. The molecule has 130 valence electrons. The van der Waals surface area contributed by atoms with Gasteiger partial charge in [0.15, 0.2) is 0 Å². The zero-order valence-electron chi connectivity index (χ0n) is 13.9. The van der Waals surface area contributed by atoms with Gasteiger partial charge in [0.05, 0.1) is 12.1 Å². The number of carbonyl (C=O) groups is 1. The van der Waals surface area contributed by atoms with Crippen molar-refractivity contribution in [3.05, 3.63) is 58.7 Å². The number of ether oxygens (including phenoxy) is 2. The summed E-state index contributed by atoms with van der Waals surface area (Å²) >= 11 is 6.21. The fraction of sp³-hybridized carbons (Fsp3) is 0.211. The number of rotatable bonds is 6. The molecule has 3 aromatic rings. The molecule has 25 heavy (non-hydrogen) atoms. The number of hydrogen-bond acceptors (Lipinski definition) is 4. The third kappa shape index (κ3) is 3.42. The van der Waals surface area contributed by atoms with Crippen molar-refractivity contribution >= 4 is 29.0 Å².